The van der Waals surface area contributed by atoms with Gasteiger partial charge in [-0.15, -0.1) is 0 Å². The number of hydrogen-bond acceptors (Lipinski definition) is 5. The fourth-order valence-corrected chi connectivity index (χ4v) is 2.12. The Morgan fingerprint density at radius 1 is 1.59 bits per heavy atom. The number of halogens is 1. The molecular formula is C11H16BrN3O2. The van der Waals surface area contributed by atoms with E-state index in [0.717, 1.165) is 30.8 Å². The minimum atomic E-state index is 0.210. The molecule has 1 saturated heterocycles. The van der Waals surface area contributed by atoms with Crippen molar-refractivity contribution in [3.05, 3.63) is 12.4 Å². The molecule has 17 heavy (non-hydrogen) atoms. The maximum Gasteiger partial charge on any atom is 0.234 e. The van der Waals surface area contributed by atoms with Crippen molar-refractivity contribution in [1.29, 1.82) is 0 Å². The summed E-state index contributed by atoms with van der Waals surface area (Å²) in [5.41, 5.74) is 0. The van der Waals surface area contributed by atoms with Crippen molar-refractivity contribution in [3.8, 4) is 5.88 Å². The van der Waals surface area contributed by atoms with Crippen LogP contribution in [0.1, 0.15) is 6.92 Å². The lowest BCUT2D eigenvalue weighted by Crippen LogP contribution is -2.43. The standard InChI is InChI=1S/C11H16BrN3O2/c1-2-16-11-7-13-6-10(14-11)15-3-4-17-9(5-12)8-15/h6-7,9H,2-5,8H2,1H3. The summed E-state index contributed by atoms with van der Waals surface area (Å²) in [6.45, 7) is 4.93. The van der Waals surface area contributed by atoms with Gasteiger partial charge in [0.2, 0.25) is 5.88 Å². The van der Waals surface area contributed by atoms with Crippen LogP contribution in [-0.4, -0.2) is 47.7 Å². The van der Waals surface area contributed by atoms with Gasteiger partial charge in [-0.25, -0.2) is 0 Å². The van der Waals surface area contributed by atoms with Crippen LogP contribution in [0.3, 0.4) is 0 Å². The smallest absolute Gasteiger partial charge is 0.234 e. The second kappa shape index (κ2) is 6.16. The topological polar surface area (TPSA) is 47.5 Å². The van der Waals surface area contributed by atoms with Crippen molar-refractivity contribution in [1.82, 2.24) is 9.97 Å². The van der Waals surface area contributed by atoms with E-state index in [1.807, 2.05) is 6.92 Å². The van der Waals surface area contributed by atoms with Crippen LogP contribution in [0.5, 0.6) is 5.88 Å². The first-order valence-corrected chi connectivity index (χ1v) is 6.83. The molecule has 2 rings (SSSR count). The number of anilines is 1. The molecule has 1 aliphatic heterocycles. The Morgan fingerprint density at radius 2 is 2.47 bits per heavy atom. The van der Waals surface area contributed by atoms with E-state index >= 15 is 0 Å². The molecule has 0 aromatic carbocycles. The molecule has 0 amide bonds. The van der Waals surface area contributed by atoms with Gasteiger partial charge in [0.05, 0.1) is 31.7 Å². The second-order valence-electron chi connectivity index (χ2n) is 3.74. The van der Waals surface area contributed by atoms with Crippen LogP contribution < -0.4 is 9.64 Å². The van der Waals surface area contributed by atoms with E-state index in [0.29, 0.717) is 12.5 Å². The summed E-state index contributed by atoms with van der Waals surface area (Å²) in [5.74, 6) is 1.43. The molecule has 0 N–H and O–H groups in total. The SMILES string of the molecule is CCOc1cncc(N2CCOC(CBr)C2)n1. The molecule has 1 unspecified atom stereocenters. The van der Waals surface area contributed by atoms with E-state index in [1.165, 1.54) is 0 Å². The number of aromatic nitrogens is 2. The third-order valence-electron chi connectivity index (χ3n) is 2.53. The van der Waals surface area contributed by atoms with Gasteiger partial charge in [-0.3, -0.25) is 4.98 Å². The molecule has 0 saturated carbocycles. The summed E-state index contributed by atoms with van der Waals surface area (Å²) < 4.78 is 10.9. The predicted molar refractivity (Wildman–Crippen MR) is 68.9 cm³/mol. The number of rotatable bonds is 4. The predicted octanol–water partition coefficient (Wildman–Crippen LogP) is 1.48. The molecule has 1 aliphatic rings. The van der Waals surface area contributed by atoms with E-state index < -0.39 is 0 Å². The molecule has 2 heterocycles. The van der Waals surface area contributed by atoms with Crippen LogP contribution in [-0.2, 0) is 4.74 Å². The molecule has 1 atom stereocenters. The molecule has 1 aromatic rings. The van der Waals surface area contributed by atoms with E-state index in [9.17, 15) is 0 Å². The average molecular weight is 302 g/mol. The molecule has 5 nitrogen and oxygen atoms in total. The largest absolute Gasteiger partial charge is 0.477 e. The molecule has 1 fully saturated rings. The van der Waals surface area contributed by atoms with Crippen molar-refractivity contribution in [3.63, 3.8) is 0 Å². The zero-order valence-corrected chi connectivity index (χ0v) is 11.4. The lowest BCUT2D eigenvalue weighted by molar-refractivity contribution is 0.0567. The van der Waals surface area contributed by atoms with Crippen LogP contribution >= 0.6 is 15.9 Å². The number of morpholine rings is 1. The average Bonchev–Trinajstić information content (AvgIpc) is 2.40. The fraction of sp³-hybridized carbons (Fsp3) is 0.636. The highest BCUT2D eigenvalue weighted by Gasteiger charge is 2.20. The van der Waals surface area contributed by atoms with Crippen molar-refractivity contribution in [2.75, 3.05) is 36.5 Å². The Bertz CT molecular complexity index is 364. The zero-order valence-electron chi connectivity index (χ0n) is 9.80. The van der Waals surface area contributed by atoms with Crippen LogP contribution in [0.2, 0.25) is 0 Å². The highest BCUT2D eigenvalue weighted by atomic mass is 79.9. The van der Waals surface area contributed by atoms with Gasteiger partial charge in [0.25, 0.3) is 0 Å². The quantitative estimate of drug-likeness (QED) is 0.788. The highest BCUT2D eigenvalue weighted by Crippen LogP contribution is 2.17. The Morgan fingerprint density at radius 3 is 3.24 bits per heavy atom. The van der Waals surface area contributed by atoms with Gasteiger partial charge in [0.1, 0.15) is 0 Å². The normalized spacial score (nSPS) is 20.4. The Labute approximate surface area is 109 Å². The van der Waals surface area contributed by atoms with E-state index in [1.54, 1.807) is 12.4 Å². The molecule has 0 bridgehead atoms. The third-order valence-corrected chi connectivity index (χ3v) is 3.25. The summed E-state index contributed by atoms with van der Waals surface area (Å²) in [6, 6.07) is 0. The van der Waals surface area contributed by atoms with Gasteiger partial charge >= 0.3 is 0 Å². The first-order valence-electron chi connectivity index (χ1n) is 5.71. The number of nitrogens with zero attached hydrogens (tertiary/aromatic N) is 3. The van der Waals surface area contributed by atoms with Crippen molar-refractivity contribution in [2.45, 2.75) is 13.0 Å². The maximum atomic E-state index is 5.59. The minimum absolute atomic E-state index is 0.210. The fourth-order valence-electron chi connectivity index (χ4n) is 1.73. The van der Waals surface area contributed by atoms with E-state index in [4.69, 9.17) is 9.47 Å². The van der Waals surface area contributed by atoms with Gasteiger partial charge < -0.3 is 14.4 Å². The third kappa shape index (κ3) is 3.29. The van der Waals surface area contributed by atoms with Crippen LogP contribution in [0, 0.1) is 0 Å². The summed E-state index contributed by atoms with van der Waals surface area (Å²) in [5, 5.41) is 0.835. The highest BCUT2D eigenvalue weighted by molar-refractivity contribution is 9.09. The Hall–Kier alpha value is -0.880. The van der Waals surface area contributed by atoms with Crippen LogP contribution in [0.15, 0.2) is 12.4 Å². The molecule has 0 radical (unpaired) electrons. The lowest BCUT2D eigenvalue weighted by atomic mass is 10.3. The summed E-state index contributed by atoms with van der Waals surface area (Å²) >= 11 is 3.44. The molecule has 0 aliphatic carbocycles. The minimum Gasteiger partial charge on any atom is -0.477 e. The number of hydrogen-bond donors (Lipinski definition) is 0. The monoisotopic (exact) mass is 301 g/mol. The summed E-state index contributed by atoms with van der Waals surface area (Å²) in [4.78, 5) is 10.7. The number of ether oxygens (including phenoxy) is 2. The lowest BCUT2D eigenvalue weighted by Gasteiger charge is -2.32. The first kappa shape index (κ1) is 12.6. The summed E-state index contributed by atoms with van der Waals surface area (Å²) in [7, 11) is 0. The molecule has 0 spiro atoms. The maximum absolute atomic E-state index is 5.59. The van der Waals surface area contributed by atoms with Crippen molar-refractivity contribution >= 4 is 21.7 Å². The van der Waals surface area contributed by atoms with Gasteiger partial charge in [-0.1, -0.05) is 15.9 Å². The van der Waals surface area contributed by atoms with Gasteiger partial charge in [-0.2, -0.15) is 4.98 Å². The van der Waals surface area contributed by atoms with Crippen LogP contribution in [0.25, 0.3) is 0 Å². The number of alkyl halides is 1. The van der Waals surface area contributed by atoms with Crippen molar-refractivity contribution < 1.29 is 9.47 Å². The molecule has 6 heteroatoms. The van der Waals surface area contributed by atoms with Gasteiger partial charge in [0, 0.05) is 18.4 Å². The van der Waals surface area contributed by atoms with Crippen LogP contribution in [0.4, 0.5) is 5.82 Å². The summed E-state index contributed by atoms with van der Waals surface area (Å²) in [6.07, 6.45) is 3.61. The Balaban J connectivity index is 2.07. The van der Waals surface area contributed by atoms with E-state index in [-0.39, 0.29) is 6.10 Å². The van der Waals surface area contributed by atoms with E-state index in [2.05, 4.69) is 30.8 Å². The first-order chi connectivity index (χ1) is 8.33. The zero-order chi connectivity index (χ0) is 12.1. The molecule has 1 aromatic heterocycles. The Kier molecular flexibility index (Phi) is 4.56. The molecular weight excluding hydrogens is 286 g/mol. The molecule has 94 valence electrons. The van der Waals surface area contributed by atoms with Gasteiger partial charge in [0.15, 0.2) is 5.82 Å². The second-order valence-corrected chi connectivity index (χ2v) is 4.39. The van der Waals surface area contributed by atoms with Gasteiger partial charge in [-0.05, 0) is 6.92 Å². The van der Waals surface area contributed by atoms with Crippen molar-refractivity contribution in [2.24, 2.45) is 0 Å².